The Morgan fingerprint density at radius 3 is 1.96 bits per heavy atom. The van der Waals surface area contributed by atoms with Crippen molar-refractivity contribution < 1.29 is 14.7 Å². The summed E-state index contributed by atoms with van der Waals surface area (Å²) < 4.78 is 5.77. The fourth-order valence-corrected chi connectivity index (χ4v) is 4.92. The molecule has 0 spiro atoms. The van der Waals surface area contributed by atoms with E-state index in [0.717, 1.165) is 24.0 Å². The smallest absolute Gasteiger partial charge is 0.407 e. The third-order valence-electron chi connectivity index (χ3n) is 6.11. The molecule has 5 heteroatoms. The summed E-state index contributed by atoms with van der Waals surface area (Å²) >= 11 is 0. The monoisotopic (exact) mass is 366 g/mol. The average molecular weight is 366 g/mol. The maximum absolute atomic E-state index is 12.1. The van der Waals surface area contributed by atoms with Crippen LogP contribution in [0.4, 0.5) is 4.79 Å². The number of rotatable bonds is 4. The highest BCUT2D eigenvalue weighted by atomic mass is 16.6. The lowest BCUT2D eigenvalue weighted by Gasteiger charge is -2.50. The van der Waals surface area contributed by atoms with Gasteiger partial charge in [0.05, 0.1) is 11.1 Å². The van der Waals surface area contributed by atoms with E-state index in [4.69, 9.17) is 4.74 Å². The predicted octanol–water partition coefficient (Wildman–Crippen LogP) is 4.17. The number of benzene rings is 2. The second kappa shape index (κ2) is 6.98. The van der Waals surface area contributed by atoms with Crippen LogP contribution in [0.15, 0.2) is 60.7 Å². The van der Waals surface area contributed by atoms with Crippen LogP contribution in [0, 0.1) is 0 Å². The van der Waals surface area contributed by atoms with E-state index in [-0.39, 0.29) is 12.2 Å². The molecule has 0 radical (unpaired) electrons. The lowest BCUT2D eigenvalue weighted by atomic mass is 9.77. The van der Waals surface area contributed by atoms with Gasteiger partial charge in [-0.1, -0.05) is 60.7 Å². The van der Waals surface area contributed by atoms with Crippen molar-refractivity contribution in [1.29, 1.82) is 0 Å². The Morgan fingerprint density at radius 1 is 1.04 bits per heavy atom. The molecule has 2 aromatic carbocycles. The van der Waals surface area contributed by atoms with Gasteiger partial charge in [-0.2, -0.15) is 5.06 Å². The Labute approximate surface area is 159 Å². The number of ether oxygens (including phenoxy) is 1. The molecule has 2 bridgehead atoms. The number of amides is 1. The molecule has 2 atom stereocenters. The van der Waals surface area contributed by atoms with Crippen molar-refractivity contribution in [2.75, 3.05) is 6.54 Å². The second-order valence-corrected chi connectivity index (χ2v) is 7.57. The van der Waals surface area contributed by atoms with Gasteiger partial charge in [0.25, 0.3) is 0 Å². The molecular weight excluding hydrogens is 340 g/mol. The minimum Gasteiger partial charge on any atom is -0.446 e. The summed E-state index contributed by atoms with van der Waals surface area (Å²) in [4.78, 5) is 12.1. The van der Waals surface area contributed by atoms with E-state index in [2.05, 4.69) is 29.6 Å². The normalized spacial score (nSPS) is 30.1. The Bertz CT molecular complexity index is 740. The molecule has 2 saturated heterocycles. The van der Waals surface area contributed by atoms with Crippen LogP contribution in [0.3, 0.4) is 0 Å². The number of hydrogen-bond donors (Lipinski definition) is 2. The highest BCUT2D eigenvalue weighted by molar-refractivity contribution is 5.67. The third-order valence-corrected chi connectivity index (χ3v) is 6.11. The molecule has 2 N–H and O–H groups in total. The van der Waals surface area contributed by atoms with E-state index in [9.17, 15) is 10.0 Å². The van der Waals surface area contributed by atoms with E-state index >= 15 is 0 Å². The van der Waals surface area contributed by atoms with E-state index in [1.807, 2.05) is 43.3 Å². The summed E-state index contributed by atoms with van der Waals surface area (Å²) in [5.74, 6) is 0. The average Bonchev–Trinajstić information content (AvgIpc) is 2.87. The molecule has 0 saturated carbocycles. The molecule has 4 rings (SSSR count). The highest BCUT2D eigenvalue weighted by Crippen LogP contribution is 2.59. The number of fused-ring (bicyclic) bond motifs is 2. The lowest BCUT2D eigenvalue weighted by Crippen LogP contribution is -2.56. The summed E-state index contributed by atoms with van der Waals surface area (Å²) in [6.07, 6.45) is 2.15. The van der Waals surface area contributed by atoms with Crippen LogP contribution >= 0.6 is 0 Å². The minimum atomic E-state index is -0.549. The van der Waals surface area contributed by atoms with Gasteiger partial charge in [0.2, 0.25) is 0 Å². The number of hydroxylamine groups is 2. The van der Waals surface area contributed by atoms with Crippen molar-refractivity contribution in [1.82, 2.24) is 10.4 Å². The standard InChI is InChI=1S/C22H26N2O3/c1-2-23-20(25)27-19-15-21(17-9-5-3-6-10-17)13-14-22(16-19,24(21)26)18-11-7-4-8-12-18/h3-12,19,26H,2,13-16H2,1H3,(H,23,25). The third kappa shape index (κ3) is 2.91. The first-order chi connectivity index (χ1) is 13.1. The topological polar surface area (TPSA) is 61.8 Å². The van der Waals surface area contributed by atoms with Crippen molar-refractivity contribution in [3.63, 3.8) is 0 Å². The van der Waals surface area contributed by atoms with E-state index in [0.29, 0.717) is 19.4 Å². The molecule has 2 fully saturated rings. The number of piperidine rings is 1. The molecule has 5 nitrogen and oxygen atoms in total. The van der Waals surface area contributed by atoms with Crippen LogP contribution in [0.2, 0.25) is 0 Å². The Hall–Kier alpha value is -2.37. The second-order valence-electron chi connectivity index (χ2n) is 7.57. The predicted molar refractivity (Wildman–Crippen MR) is 102 cm³/mol. The Balaban J connectivity index is 1.75. The maximum atomic E-state index is 12.1. The van der Waals surface area contributed by atoms with Crippen LogP contribution in [0.25, 0.3) is 0 Å². The summed E-state index contributed by atoms with van der Waals surface area (Å²) in [6.45, 7) is 2.41. The Kier molecular flexibility index (Phi) is 4.66. The van der Waals surface area contributed by atoms with Gasteiger partial charge in [0, 0.05) is 19.4 Å². The first kappa shape index (κ1) is 18.0. The first-order valence-corrected chi connectivity index (χ1v) is 9.65. The van der Waals surface area contributed by atoms with Crippen molar-refractivity contribution in [3.8, 4) is 0 Å². The quantitative estimate of drug-likeness (QED) is 0.852. The van der Waals surface area contributed by atoms with E-state index < -0.39 is 11.1 Å². The molecule has 2 aliphatic rings. The Morgan fingerprint density at radius 2 is 1.52 bits per heavy atom. The molecule has 2 unspecified atom stereocenters. The molecule has 27 heavy (non-hydrogen) atoms. The molecule has 2 aromatic rings. The number of nitrogens with zero attached hydrogens (tertiary/aromatic N) is 1. The maximum Gasteiger partial charge on any atom is 0.407 e. The zero-order valence-electron chi connectivity index (χ0n) is 15.6. The molecule has 2 heterocycles. The molecule has 0 aliphatic carbocycles. The molecule has 142 valence electrons. The highest BCUT2D eigenvalue weighted by Gasteiger charge is 2.62. The molecular formula is C22H26N2O3. The van der Waals surface area contributed by atoms with Gasteiger partial charge in [-0.3, -0.25) is 0 Å². The summed E-state index contributed by atoms with van der Waals surface area (Å²) in [5, 5.41) is 15.7. The SMILES string of the molecule is CCNC(=O)OC1CC2(c3ccccc3)CCC(c3ccccc3)(C1)N2O. The van der Waals surface area contributed by atoms with Crippen molar-refractivity contribution in [2.24, 2.45) is 0 Å². The van der Waals surface area contributed by atoms with Crippen molar-refractivity contribution in [3.05, 3.63) is 71.8 Å². The first-order valence-electron chi connectivity index (χ1n) is 9.65. The van der Waals surface area contributed by atoms with Crippen LogP contribution in [0.5, 0.6) is 0 Å². The van der Waals surface area contributed by atoms with Crippen LogP contribution < -0.4 is 5.32 Å². The minimum absolute atomic E-state index is 0.261. The zero-order chi connectivity index (χ0) is 18.9. The van der Waals surface area contributed by atoms with Gasteiger partial charge in [0.15, 0.2) is 0 Å². The van der Waals surface area contributed by atoms with E-state index in [1.165, 1.54) is 0 Å². The molecule has 0 aromatic heterocycles. The van der Waals surface area contributed by atoms with E-state index in [1.54, 1.807) is 5.06 Å². The fraction of sp³-hybridized carbons (Fsp3) is 0.409. The van der Waals surface area contributed by atoms with Gasteiger partial charge in [0.1, 0.15) is 6.10 Å². The van der Waals surface area contributed by atoms with Crippen molar-refractivity contribution >= 4 is 6.09 Å². The van der Waals surface area contributed by atoms with Gasteiger partial charge in [-0.05, 0) is 30.9 Å². The van der Waals surface area contributed by atoms with Gasteiger partial charge in [-0.25, -0.2) is 4.79 Å². The van der Waals surface area contributed by atoms with Gasteiger partial charge >= 0.3 is 6.09 Å². The molecule has 2 aliphatic heterocycles. The lowest BCUT2D eigenvalue weighted by molar-refractivity contribution is -0.255. The number of carbonyl (C=O) groups excluding carboxylic acids is 1. The summed E-state index contributed by atoms with van der Waals surface area (Å²) in [6, 6.07) is 20.2. The van der Waals surface area contributed by atoms with Crippen LogP contribution in [-0.2, 0) is 15.8 Å². The number of carbonyl (C=O) groups is 1. The van der Waals surface area contributed by atoms with Crippen LogP contribution in [-0.4, -0.2) is 29.0 Å². The summed E-state index contributed by atoms with van der Waals surface area (Å²) in [7, 11) is 0. The van der Waals surface area contributed by atoms with Crippen molar-refractivity contribution in [2.45, 2.75) is 49.8 Å². The fourth-order valence-electron chi connectivity index (χ4n) is 4.92. The number of nitrogens with one attached hydrogen (secondary N) is 1. The van der Waals surface area contributed by atoms with Gasteiger partial charge in [-0.15, -0.1) is 0 Å². The summed E-state index contributed by atoms with van der Waals surface area (Å²) in [5.41, 5.74) is 1.03. The van der Waals surface area contributed by atoms with Gasteiger partial charge < -0.3 is 15.3 Å². The largest absolute Gasteiger partial charge is 0.446 e. The molecule has 1 amide bonds. The zero-order valence-corrected chi connectivity index (χ0v) is 15.6. The van der Waals surface area contributed by atoms with Crippen LogP contribution in [0.1, 0.15) is 43.7 Å². The number of alkyl carbamates (subject to hydrolysis) is 1. The number of hydrogen-bond acceptors (Lipinski definition) is 4.